The summed E-state index contributed by atoms with van der Waals surface area (Å²) >= 11 is 0. The molecule has 2 saturated heterocycles. The third-order valence-corrected chi connectivity index (χ3v) is 11.6. The summed E-state index contributed by atoms with van der Waals surface area (Å²) in [7, 11) is 2.66. The van der Waals surface area contributed by atoms with Gasteiger partial charge in [-0.25, -0.2) is 19.6 Å². The van der Waals surface area contributed by atoms with E-state index in [1.165, 1.54) is 14.2 Å². The van der Waals surface area contributed by atoms with Crippen LogP contribution in [-0.4, -0.2) is 93.1 Å². The van der Waals surface area contributed by atoms with E-state index in [4.69, 9.17) is 14.5 Å². The van der Waals surface area contributed by atoms with Gasteiger partial charge in [0.2, 0.25) is 11.8 Å². The molecule has 14 nitrogen and oxygen atoms in total. The van der Waals surface area contributed by atoms with Crippen molar-refractivity contribution in [1.29, 1.82) is 0 Å². The molecule has 0 spiro atoms. The van der Waals surface area contributed by atoms with Gasteiger partial charge in [-0.15, -0.1) is 0 Å². The number of carbonyl (C=O) groups excluding carboxylic acids is 4. The zero-order chi connectivity index (χ0) is 39.3. The van der Waals surface area contributed by atoms with Gasteiger partial charge in [0, 0.05) is 25.0 Å². The lowest BCUT2D eigenvalue weighted by Gasteiger charge is -2.32. The minimum absolute atomic E-state index is 0.0405. The van der Waals surface area contributed by atoms with Gasteiger partial charge in [0.1, 0.15) is 17.7 Å². The highest BCUT2D eigenvalue weighted by Crippen LogP contribution is 2.37. The highest BCUT2D eigenvalue weighted by Gasteiger charge is 2.39. The zero-order valence-electron chi connectivity index (χ0n) is 32.5. The molecule has 4 aromatic rings. The monoisotopic (exact) mass is 764 g/mol. The molecule has 4 N–H and O–H groups in total. The first-order valence-corrected chi connectivity index (χ1v) is 19.7. The molecular formula is C42H52N8O6. The number of nitrogens with zero attached hydrogens (tertiary/aromatic N) is 4. The minimum atomic E-state index is -0.683. The minimum Gasteiger partial charge on any atom is -0.453 e. The van der Waals surface area contributed by atoms with E-state index < -0.39 is 18.2 Å². The Balaban J connectivity index is 0.966. The molecule has 3 aliphatic rings. The molecule has 2 aromatic carbocycles. The number of amides is 4. The standard InChI is InChI=1S/C42H52N8O6/c1-25(2)36(48-42(54)56-4)40(52)50-22-6-8-35(50)38-44-24-33(47-38)29-15-11-27(12-16-29)26-9-13-28(14-10-26)32-23-43-37(46-32)34-7-5-21-49(34)39(51)30-17-19-31(20-18-30)45-41(53)55-3/h9-16,23-25,30-31,34-36H,5-8,17-22H2,1-4H3,(H,43,46)(H,44,47)(H,45,53)(H,48,54)/t30-,31-,34?,35-,36-/m0/s1. The number of alkyl carbamates (subject to hydrolysis) is 2. The molecule has 0 bridgehead atoms. The van der Waals surface area contributed by atoms with Crippen molar-refractivity contribution < 1.29 is 28.7 Å². The van der Waals surface area contributed by atoms with Crippen molar-refractivity contribution in [2.45, 2.75) is 89.4 Å². The van der Waals surface area contributed by atoms with Gasteiger partial charge in [-0.1, -0.05) is 62.4 Å². The van der Waals surface area contributed by atoms with Gasteiger partial charge in [-0.3, -0.25) is 9.59 Å². The fraction of sp³-hybridized carbons (Fsp3) is 0.476. The van der Waals surface area contributed by atoms with Crippen LogP contribution in [0.15, 0.2) is 60.9 Å². The molecule has 56 heavy (non-hydrogen) atoms. The number of nitrogens with one attached hydrogen (secondary N) is 4. The van der Waals surface area contributed by atoms with E-state index in [9.17, 15) is 19.2 Å². The van der Waals surface area contributed by atoms with Crippen LogP contribution in [0.2, 0.25) is 0 Å². The predicted molar refractivity (Wildman–Crippen MR) is 210 cm³/mol. The number of carbonyl (C=O) groups is 4. The molecule has 0 radical (unpaired) electrons. The third-order valence-electron chi connectivity index (χ3n) is 11.6. The maximum atomic E-state index is 13.6. The largest absolute Gasteiger partial charge is 0.453 e. The van der Waals surface area contributed by atoms with Crippen LogP contribution in [0.25, 0.3) is 33.6 Å². The number of rotatable bonds is 10. The second-order valence-corrected chi connectivity index (χ2v) is 15.4. The highest BCUT2D eigenvalue weighted by atomic mass is 16.5. The fourth-order valence-electron chi connectivity index (χ4n) is 8.44. The van der Waals surface area contributed by atoms with Crippen LogP contribution in [0.4, 0.5) is 9.59 Å². The summed E-state index contributed by atoms with van der Waals surface area (Å²) in [6, 6.07) is 15.8. The smallest absolute Gasteiger partial charge is 0.407 e. The predicted octanol–water partition coefficient (Wildman–Crippen LogP) is 6.76. The Morgan fingerprint density at radius 2 is 1.16 bits per heavy atom. The fourth-order valence-corrected chi connectivity index (χ4v) is 8.44. The number of benzene rings is 2. The van der Waals surface area contributed by atoms with Gasteiger partial charge in [0.15, 0.2) is 0 Å². The number of imidazole rings is 2. The molecule has 2 aliphatic heterocycles. The SMILES string of the molecule is COC(=O)N[C@H](C(=O)N1CCC[C@H]1c1ncc(-c2ccc(-c3ccc(-c4cnc(C5CCCN5C(=O)[C@H]5CC[C@H](NC(=O)OC)CC5)[nH]4)cc3)cc2)[nH]1)C(C)C. The van der Waals surface area contributed by atoms with Gasteiger partial charge in [-0.05, 0) is 79.5 Å². The summed E-state index contributed by atoms with van der Waals surface area (Å²) in [4.78, 5) is 70.9. The van der Waals surface area contributed by atoms with Crippen molar-refractivity contribution in [3.05, 3.63) is 72.6 Å². The number of aromatic amines is 2. The molecule has 7 rings (SSSR count). The zero-order valence-corrected chi connectivity index (χ0v) is 32.5. The van der Waals surface area contributed by atoms with Crippen LogP contribution in [-0.2, 0) is 19.1 Å². The Bertz CT molecular complexity index is 2000. The van der Waals surface area contributed by atoms with Crippen molar-refractivity contribution in [3.63, 3.8) is 0 Å². The van der Waals surface area contributed by atoms with E-state index >= 15 is 0 Å². The molecule has 1 aliphatic carbocycles. The molecule has 1 saturated carbocycles. The summed E-state index contributed by atoms with van der Waals surface area (Å²) in [5, 5.41) is 5.57. The number of ether oxygens (including phenoxy) is 2. The van der Waals surface area contributed by atoms with E-state index in [1.807, 2.05) is 36.0 Å². The second kappa shape index (κ2) is 17.0. The molecule has 3 fully saturated rings. The Kier molecular flexibility index (Phi) is 11.7. The van der Waals surface area contributed by atoms with Gasteiger partial charge in [0.05, 0.1) is 50.1 Å². The quantitative estimate of drug-likeness (QED) is 0.137. The average molecular weight is 765 g/mol. The molecule has 4 heterocycles. The Labute approximate surface area is 327 Å². The van der Waals surface area contributed by atoms with Crippen molar-refractivity contribution >= 4 is 24.0 Å². The summed E-state index contributed by atoms with van der Waals surface area (Å²) in [6.07, 6.45) is 9.12. The normalized spacial score (nSPS) is 21.5. The van der Waals surface area contributed by atoms with Crippen molar-refractivity contribution in [2.24, 2.45) is 11.8 Å². The molecule has 2 aromatic heterocycles. The first-order valence-electron chi connectivity index (χ1n) is 19.7. The molecule has 3 atom stereocenters. The first-order chi connectivity index (χ1) is 27.1. The average Bonchev–Trinajstić information content (AvgIpc) is 4.07. The number of hydrogen-bond donors (Lipinski definition) is 4. The molecule has 1 unspecified atom stereocenters. The summed E-state index contributed by atoms with van der Waals surface area (Å²) in [6.45, 7) is 5.13. The number of H-pyrrole nitrogens is 2. The van der Waals surface area contributed by atoms with Crippen molar-refractivity contribution in [3.8, 4) is 33.6 Å². The second-order valence-electron chi connectivity index (χ2n) is 15.4. The van der Waals surface area contributed by atoms with Crippen molar-refractivity contribution in [1.82, 2.24) is 40.4 Å². The van der Waals surface area contributed by atoms with Crippen LogP contribution in [0, 0.1) is 11.8 Å². The number of aromatic nitrogens is 4. The third kappa shape index (κ3) is 8.29. The number of hydrogen-bond acceptors (Lipinski definition) is 8. The summed E-state index contributed by atoms with van der Waals surface area (Å²) in [5.74, 6) is 1.45. The van der Waals surface area contributed by atoms with Gasteiger partial charge < -0.3 is 39.9 Å². The number of likely N-dealkylation sites (tertiary alicyclic amines) is 2. The molecule has 296 valence electrons. The van der Waals surface area contributed by atoms with E-state index in [-0.39, 0.29) is 41.8 Å². The summed E-state index contributed by atoms with van der Waals surface area (Å²) < 4.78 is 9.49. The van der Waals surface area contributed by atoms with E-state index in [2.05, 4.69) is 74.1 Å². The van der Waals surface area contributed by atoms with Gasteiger partial charge in [-0.2, -0.15) is 0 Å². The van der Waals surface area contributed by atoms with Crippen molar-refractivity contribution in [2.75, 3.05) is 27.3 Å². The lowest BCUT2D eigenvalue weighted by Crippen LogP contribution is -2.51. The topological polar surface area (TPSA) is 175 Å². The van der Waals surface area contributed by atoms with Crippen LogP contribution in [0.1, 0.15) is 88.9 Å². The lowest BCUT2D eigenvalue weighted by atomic mass is 9.85. The first kappa shape index (κ1) is 38.6. The molecule has 14 heteroatoms. The Hall–Kier alpha value is -5.66. The van der Waals surface area contributed by atoms with E-state index in [0.29, 0.717) is 6.54 Å². The van der Waals surface area contributed by atoms with Crippen LogP contribution >= 0.6 is 0 Å². The Morgan fingerprint density at radius 1 is 0.679 bits per heavy atom. The Morgan fingerprint density at radius 3 is 1.66 bits per heavy atom. The number of methoxy groups -OCH3 is 2. The highest BCUT2D eigenvalue weighted by molar-refractivity contribution is 5.86. The van der Waals surface area contributed by atoms with Crippen LogP contribution < -0.4 is 10.6 Å². The van der Waals surface area contributed by atoms with E-state index in [1.54, 1.807) is 0 Å². The lowest BCUT2D eigenvalue weighted by molar-refractivity contribution is -0.138. The van der Waals surface area contributed by atoms with Gasteiger partial charge >= 0.3 is 12.2 Å². The maximum absolute atomic E-state index is 13.6. The molecule has 4 amide bonds. The maximum Gasteiger partial charge on any atom is 0.407 e. The van der Waals surface area contributed by atoms with Crippen LogP contribution in [0.5, 0.6) is 0 Å². The van der Waals surface area contributed by atoms with E-state index in [0.717, 1.165) is 103 Å². The molecular weight excluding hydrogens is 713 g/mol. The van der Waals surface area contributed by atoms with Gasteiger partial charge in [0.25, 0.3) is 0 Å². The van der Waals surface area contributed by atoms with Crippen LogP contribution in [0.3, 0.4) is 0 Å². The summed E-state index contributed by atoms with van der Waals surface area (Å²) in [5.41, 5.74) is 5.93.